The van der Waals surface area contributed by atoms with Gasteiger partial charge in [0.25, 0.3) is 0 Å². The first-order valence-electron chi connectivity index (χ1n) is 3.10. The van der Waals surface area contributed by atoms with Gasteiger partial charge in [-0.1, -0.05) is 0 Å². The highest BCUT2D eigenvalue weighted by atomic mass is 31.1. The molecule has 55 valence electrons. The molecule has 0 aromatic carbocycles. The topological polar surface area (TPSA) is 51.2 Å². The van der Waals surface area contributed by atoms with Gasteiger partial charge in [0.1, 0.15) is 5.66 Å². The number of hydrogen-bond acceptors (Lipinski definition) is 3. The van der Waals surface area contributed by atoms with Gasteiger partial charge in [-0.15, -0.1) is 0 Å². The molecule has 2 atom stereocenters. The molecule has 1 aliphatic heterocycles. The third kappa shape index (κ3) is 1.14. The van der Waals surface area contributed by atoms with Crippen molar-refractivity contribution >= 4 is 19.4 Å². The minimum Gasteiger partial charge on any atom is -0.298 e. The Balaban J connectivity index is 2.82. The highest BCUT2D eigenvalue weighted by molar-refractivity contribution is 7.49. The van der Waals surface area contributed by atoms with Crippen molar-refractivity contribution in [3.63, 3.8) is 0 Å². The highest BCUT2D eigenvalue weighted by Crippen LogP contribution is 2.37. The van der Waals surface area contributed by atoms with Crippen molar-refractivity contribution in [1.82, 2.24) is 0 Å². The molecule has 2 unspecified atom stereocenters. The Labute approximate surface area is 59.6 Å². The van der Waals surface area contributed by atoms with Gasteiger partial charge >= 0.3 is 0 Å². The lowest BCUT2D eigenvalue weighted by molar-refractivity contribution is -0.124. The highest BCUT2D eigenvalue weighted by Gasteiger charge is 2.35. The van der Waals surface area contributed by atoms with Crippen LogP contribution in [0.25, 0.3) is 0 Å². The summed E-state index contributed by atoms with van der Waals surface area (Å²) in [6, 6.07) is 0. The molecule has 10 heavy (non-hydrogen) atoms. The van der Waals surface area contributed by atoms with E-state index in [4.69, 9.17) is 0 Å². The number of Topliss-reactive ketones (excluding diaryl/α,β-unsaturated/α-hetero) is 2. The van der Waals surface area contributed by atoms with Crippen LogP contribution in [0.3, 0.4) is 0 Å². The molecule has 0 N–H and O–H groups in total. The van der Waals surface area contributed by atoms with E-state index in [0.717, 1.165) is 0 Å². The second-order valence-corrected chi connectivity index (χ2v) is 4.17. The van der Waals surface area contributed by atoms with Crippen LogP contribution in [-0.2, 0) is 14.2 Å². The van der Waals surface area contributed by atoms with Crippen LogP contribution >= 0.6 is 7.80 Å². The molecule has 3 nitrogen and oxygen atoms in total. The summed E-state index contributed by atoms with van der Waals surface area (Å²) in [5.41, 5.74) is -0.769. The van der Waals surface area contributed by atoms with Crippen molar-refractivity contribution in [3.8, 4) is 0 Å². The van der Waals surface area contributed by atoms with Gasteiger partial charge in [0.2, 0.25) is 0 Å². The second-order valence-electron chi connectivity index (χ2n) is 2.37. The lowest BCUT2D eigenvalue weighted by Gasteiger charge is -1.97. The van der Waals surface area contributed by atoms with Crippen LogP contribution in [0.2, 0.25) is 0 Å². The Morgan fingerprint density at radius 1 is 1.70 bits per heavy atom. The first-order valence-corrected chi connectivity index (χ1v) is 4.61. The Morgan fingerprint density at radius 3 is 2.50 bits per heavy atom. The summed E-state index contributed by atoms with van der Waals surface area (Å²) < 4.78 is 10.9. The van der Waals surface area contributed by atoms with E-state index >= 15 is 0 Å². The number of rotatable bonds is 1. The number of carbonyl (C=O) groups is 2. The summed E-state index contributed by atoms with van der Waals surface area (Å²) in [7, 11) is -1.56. The van der Waals surface area contributed by atoms with Crippen molar-refractivity contribution in [2.24, 2.45) is 0 Å². The average Bonchev–Trinajstić information content (AvgIpc) is 2.11. The minimum absolute atomic E-state index is 0.145. The standard InChI is InChI=1S/C6H8O3P/c1-4(7)6-5(8)2-3-10(6)9/h6H,2-3H2,1H3. The van der Waals surface area contributed by atoms with Crippen molar-refractivity contribution in [1.29, 1.82) is 0 Å². The molecular formula is C6H8O3P. The predicted octanol–water partition coefficient (Wildman–Crippen LogP) is 0.744. The molecule has 1 fully saturated rings. The fourth-order valence-corrected chi connectivity index (χ4v) is 2.63. The summed E-state index contributed by atoms with van der Waals surface area (Å²) in [4.78, 5) is 21.5. The summed E-state index contributed by atoms with van der Waals surface area (Å²) in [6.45, 7) is 1.32. The first kappa shape index (κ1) is 7.55. The fraction of sp³-hybridized carbons (Fsp3) is 0.667. The molecule has 1 aliphatic rings. The molecule has 1 heterocycles. The largest absolute Gasteiger partial charge is 0.298 e. The number of carbonyl (C=O) groups excluding carboxylic acids is 2. The summed E-state index contributed by atoms with van der Waals surface area (Å²) in [6.07, 6.45) is 0.720. The van der Waals surface area contributed by atoms with Gasteiger partial charge in [0, 0.05) is 12.6 Å². The minimum atomic E-state index is -1.56. The van der Waals surface area contributed by atoms with Crippen LogP contribution in [0.5, 0.6) is 0 Å². The van der Waals surface area contributed by atoms with E-state index in [1.165, 1.54) is 6.92 Å². The smallest absolute Gasteiger partial charge is 0.154 e. The Morgan fingerprint density at radius 2 is 2.30 bits per heavy atom. The van der Waals surface area contributed by atoms with E-state index < -0.39 is 13.5 Å². The zero-order valence-corrected chi connectivity index (χ0v) is 6.56. The summed E-state index contributed by atoms with van der Waals surface area (Å²) in [5, 5.41) is 0. The molecule has 0 aromatic heterocycles. The Kier molecular flexibility index (Phi) is 1.95. The van der Waals surface area contributed by atoms with Gasteiger partial charge in [0.05, 0.1) is 7.80 Å². The van der Waals surface area contributed by atoms with Crippen LogP contribution in [0.15, 0.2) is 0 Å². The maximum Gasteiger partial charge on any atom is 0.154 e. The van der Waals surface area contributed by atoms with E-state index in [-0.39, 0.29) is 11.6 Å². The predicted molar refractivity (Wildman–Crippen MR) is 36.6 cm³/mol. The van der Waals surface area contributed by atoms with E-state index in [9.17, 15) is 14.2 Å². The average molecular weight is 159 g/mol. The van der Waals surface area contributed by atoms with Gasteiger partial charge in [0.15, 0.2) is 11.6 Å². The summed E-state index contributed by atoms with van der Waals surface area (Å²) >= 11 is 0. The van der Waals surface area contributed by atoms with Crippen molar-refractivity contribution in [2.75, 3.05) is 6.16 Å². The van der Waals surface area contributed by atoms with Crippen molar-refractivity contribution in [2.45, 2.75) is 19.0 Å². The third-order valence-corrected chi connectivity index (χ3v) is 3.45. The van der Waals surface area contributed by atoms with Gasteiger partial charge in [-0.2, -0.15) is 0 Å². The molecule has 0 bridgehead atoms. The number of hydrogen-bond donors (Lipinski definition) is 0. The first-order chi connectivity index (χ1) is 4.63. The molecule has 1 radical (unpaired) electrons. The molecular weight excluding hydrogens is 151 g/mol. The normalized spacial score (nSPS) is 29.1. The van der Waals surface area contributed by atoms with Gasteiger partial charge in [-0.05, 0) is 6.92 Å². The molecule has 0 saturated carbocycles. The molecule has 0 aromatic rings. The second kappa shape index (κ2) is 2.59. The third-order valence-electron chi connectivity index (χ3n) is 1.56. The van der Waals surface area contributed by atoms with Crippen LogP contribution in [0, 0.1) is 0 Å². The molecule has 4 heteroatoms. The maximum absolute atomic E-state index is 10.9. The zero-order chi connectivity index (χ0) is 7.72. The van der Waals surface area contributed by atoms with Crippen LogP contribution in [0.1, 0.15) is 13.3 Å². The van der Waals surface area contributed by atoms with Gasteiger partial charge in [-0.3, -0.25) is 14.2 Å². The van der Waals surface area contributed by atoms with Gasteiger partial charge in [-0.25, -0.2) is 0 Å². The monoisotopic (exact) mass is 159 g/mol. The molecule has 0 aliphatic carbocycles. The Hall–Kier alpha value is -0.560. The van der Waals surface area contributed by atoms with Gasteiger partial charge < -0.3 is 0 Å². The number of ketones is 2. The molecule has 1 saturated heterocycles. The van der Waals surface area contributed by atoms with E-state index in [0.29, 0.717) is 12.6 Å². The fourth-order valence-electron chi connectivity index (χ4n) is 1.08. The zero-order valence-electron chi connectivity index (χ0n) is 5.66. The summed E-state index contributed by atoms with van der Waals surface area (Å²) in [5.74, 6) is -0.391. The molecule has 0 amide bonds. The van der Waals surface area contributed by atoms with Crippen LogP contribution < -0.4 is 0 Å². The van der Waals surface area contributed by atoms with E-state index in [2.05, 4.69) is 0 Å². The lowest BCUT2D eigenvalue weighted by Crippen LogP contribution is -2.18. The van der Waals surface area contributed by atoms with Crippen LogP contribution in [-0.4, -0.2) is 23.4 Å². The van der Waals surface area contributed by atoms with E-state index in [1.54, 1.807) is 0 Å². The van der Waals surface area contributed by atoms with Crippen molar-refractivity contribution in [3.05, 3.63) is 0 Å². The lowest BCUT2D eigenvalue weighted by atomic mass is 10.2. The molecule has 0 spiro atoms. The van der Waals surface area contributed by atoms with Crippen LogP contribution in [0.4, 0.5) is 0 Å². The SMILES string of the molecule is CC(=O)C1C(=O)CC[P]1=O. The quantitative estimate of drug-likeness (QED) is 0.419. The van der Waals surface area contributed by atoms with E-state index in [1.807, 2.05) is 0 Å². The Bertz CT molecular complexity index is 193. The van der Waals surface area contributed by atoms with Crippen molar-refractivity contribution < 1.29 is 14.2 Å². The maximum atomic E-state index is 10.9. The molecule has 1 rings (SSSR count).